The van der Waals surface area contributed by atoms with E-state index in [0.29, 0.717) is 12.6 Å². The fourth-order valence-corrected chi connectivity index (χ4v) is 3.40. The topological polar surface area (TPSA) is 64.0 Å². The summed E-state index contributed by atoms with van der Waals surface area (Å²) in [6.07, 6.45) is -1.85. The summed E-state index contributed by atoms with van der Waals surface area (Å²) < 4.78 is 66.7. The van der Waals surface area contributed by atoms with Crippen LogP contribution in [0.15, 0.2) is 71.9 Å². The number of aromatic nitrogens is 2. The molecule has 1 N–H and O–H groups in total. The zero-order chi connectivity index (χ0) is 18.8. The first-order valence-electron chi connectivity index (χ1n) is 7.50. The van der Waals surface area contributed by atoms with E-state index in [1.807, 2.05) is 30.3 Å². The molecule has 2 aromatic carbocycles. The minimum atomic E-state index is -4.62. The minimum absolute atomic E-state index is 0.165. The molecule has 0 bridgehead atoms. The fourth-order valence-electron chi connectivity index (χ4n) is 2.33. The van der Waals surface area contributed by atoms with E-state index in [-0.39, 0.29) is 5.69 Å². The highest BCUT2D eigenvalue weighted by atomic mass is 32.2. The number of anilines is 1. The number of halogens is 3. The third kappa shape index (κ3) is 4.23. The zero-order valence-corrected chi connectivity index (χ0v) is 14.1. The molecule has 0 spiro atoms. The van der Waals surface area contributed by atoms with Gasteiger partial charge in [-0.05, 0) is 23.8 Å². The maximum Gasteiger partial charge on any atom is 0.416 e. The molecule has 3 rings (SSSR count). The van der Waals surface area contributed by atoms with Crippen molar-refractivity contribution in [2.75, 3.05) is 4.72 Å². The highest BCUT2D eigenvalue weighted by Crippen LogP contribution is 2.30. The van der Waals surface area contributed by atoms with Crippen LogP contribution in [0, 0.1) is 0 Å². The summed E-state index contributed by atoms with van der Waals surface area (Å²) >= 11 is 0. The molecule has 9 heteroatoms. The molecular weight excluding hydrogens is 367 g/mol. The van der Waals surface area contributed by atoms with Crippen molar-refractivity contribution >= 4 is 15.7 Å². The SMILES string of the molecule is O=S(=O)(Nc1cnn(Cc2ccccc2)c1)c1cccc(C(F)(F)F)c1. The molecule has 0 aliphatic carbocycles. The maximum absolute atomic E-state index is 12.8. The lowest BCUT2D eigenvalue weighted by Crippen LogP contribution is -2.14. The molecule has 0 aliphatic heterocycles. The molecule has 1 aromatic heterocycles. The first-order valence-corrected chi connectivity index (χ1v) is 8.99. The number of alkyl halides is 3. The number of sulfonamides is 1. The van der Waals surface area contributed by atoms with Gasteiger partial charge in [0, 0.05) is 6.20 Å². The zero-order valence-electron chi connectivity index (χ0n) is 13.3. The van der Waals surface area contributed by atoms with Crippen molar-refractivity contribution in [2.45, 2.75) is 17.6 Å². The Morgan fingerprint density at radius 2 is 1.77 bits per heavy atom. The molecule has 0 atom stereocenters. The first-order chi connectivity index (χ1) is 12.2. The van der Waals surface area contributed by atoms with Crippen molar-refractivity contribution in [1.82, 2.24) is 9.78 Å². The highest BCUT2D eigenvalue weighted by molar-refractivity contribution is 7.92. The molecule has 136 valence electrons. The summed E-state index contributed by atoms with van der Waals surface area (Å²) in [5.41, 5.74) is 0.112. The van der Waals surface area contributed by atoms with Gasteiger partial charge in [-0.1, -0.05) is 36.4 Å². The normalized spacial score (nSPS) is 12.1. The Labute approximate surface area is 148 Å². The monoisotopic (exact) mass is 381 g/mol. The summed E-state index contributed by atoms with van der Waals surface area (Å²) in [5, 5.41) is 4.06. The third-order valence-electron chi connectivity index (χ3n) is 3.54. The van der Waals surface area contributed by atoms with Crippen molar-refractivity contribution < 1.29 is 21.6 Å². The van der Waals surface area contributed by atoms with Crippen LogP contribution in [0.25, 0.3) is 0 Å². The van der Waals surface area contributed by atoms with Crippen LogP contribution in [0.5, 0.6) is 0 Å². The van der Waals surface area contributed by atoms with Gasteiger partial charge in [0.05, 0.1) is 28.9 Å². The second kappa shape index (κ2) is 6.83. The Morgan fingerprint density at radius 3 is 2.46 bits per heavy atom. The molecule has 0 aliphatic rings. The Balaban J connectivity index is 1.78. The van der Waals surface area contributed by atoms with Crippen LogP contribution < -0.4 is 4.72 Å². The lowest BCUT2D eigenvalue weighted by Gasteiger charge is -2.10. The van der Waals surface area contributed by atoms with Gasteiger partial charge in [-0.25, -0.2) is 8.42 Å². The second-order valence-electron chi connectivity index (χ2n) is 5.54. The van der Waals surface area contributed by atoms with Gasteiger partial charge in [0.15, 0.2) is 0 Å². The molecule has 0 fully saturated rings. The number of benzene rings is 2. The smallest absolute Gasteiger partial charge is 0.276 e. The summed E-state index contributed by atoms with van der Waals surface area (Å²) in [4.78, 5) is -0.469. The number of hydrogen-bond acceptors (Lipinski definition) is 3. The number of rotatable bonds is 5. The Hall–Kier alpha value is -2.81. The highest BCUT2D eigenvalue weighted by Gasteiger charge is 2.31. The van der Waals surface area contributed by atoms with E-state index in [0.717, 1.165) is 23.8 Å². The lowest BCUT2D eigenvalue weighted by atomic mass is 10.2. The van der Waals surface area contributed by atoms with E-state index in [9.17, 15) is 21.6 Å². The van der Waals surface area contributed by atoms with E-state index >= 15 is 0 Å². The molecular formula is C17H14F3N3O2S. The summed E-state index contributed by atoms with van der Waals surface area (Å²) in [6, 6.07) is 13.0. The van der Waals surface area contributed by atoms with Crippen molar-refractivity contribution in [2.24, 2.45) is 0 Å². The predicted octanol–water partition coefficient (Wildman–Crippen LogP) is 3.75. The van der Waals surface area contributed by atoms with Crippen LogP contribution in [0.2, 0.25) is 0 Å². The van der Waals surface area contributed by atoms with Gasteiger partial charge >= 0.3 is 6.18 Å². The van der Waals surface area contributed by atoms with Crippen LogP contribution in [0.1, 0.15) is 11.1 Å². The van der Waals surface area contributed by atoms with E-state index in [4.69, 9.17) is 0 Å². The molecule has 0 amide bonds. The van der Waals surface area contributed by atoms with Crippen molar-refractivity contribution in [3.05, 3.63) is 78.1 Å². The molecule has 0 saturated carbocycles. The minimum Gasteiger partial charge on any atom is -0.276 e. The predicted molar refractivity (Wildman–Crippen MR) is 90.0 cm³/mol. The van der Waals surface area contributed by atoms with E-state index < -0.39 is 26.7 Å². The van der Waals surface area contributed by atoms with Gasteiger partial charge in [0.25, 0.3) is 10.0 Å². The quantitative estimate of drug-likeness (QED) is 0.732. The molecule has 3 aromatic rings. The maximum atomic E-state index is 12.8. The van der Waals surface area contributed by atoms with Gasteiger partial charge in [-0.3, -0.25) is 9.40 Å². The Kier molecular flexibility index (Phi) is 4.73. The van der Waals surface area contributed by atoms with Crippen molar-refractivity contribution in [3.63, 3.8) is 0 Å². The van der Waals surface area contributed by atoms with Gasteiger partial charge in [0.1, 0.15) is 0 Å². The Bertz CT molecular complexity index is 999. The van der Waals surface area contributed by atoms with Gasteiger partial charge in [0.2, 0.25) is 0 Å². The standard InChI is InChI=1S/C17H14F3N3O2S/c18-17(19,20)14-7-4-8-16(9-14)26(24,25)22-15-10-21-23(12-15)11-13-5-2-1-3-6-13/h1-10,12,22H,11H2. The number of hydrogen-bond donors (Lipinski definition) is 1. The van der Waals surface area contributed by atoms with Crippen LogP contribution in [0.3, 0.4) is 0 Å². The number of nitrogens with one attached hydrogen (secondary N) is 1. The molecule has 26 heavy (non-hydrogen) atoms. The summed E-state index contributed by atoms with van der Waals surface area (Å²) in [6.45, 7) is 0.437. The molecule has 0 radical (unpaired) electrons. The van der Waals surface area contributed by atoms with E-state index in [1.165, 1.54) is 17.1 Å². The van der Waals surface area contributed by atoms with Crippen molar-refractivity contribution in [3.8, 4) is 0 Å². The van der Waals surface area contributed by atoms with Gasteiger partial charge in [-0.15, -0.1) is 0 Å². The number of nitrogens with zero attached hydrogens (tertiary/aromatic N) is 2. The van der Waals surface area contributed by atoms with Crippen LogP contribution >= 0.6 is 0 Å². The third-order valence-corrected chi connectivity index (χ3v) is 4.92. The largest absolute Gasteiger partial charge is 0.416 e. The average molecular weight is 381 g/mol. The van der Waals surface area contributed by atoms with E-state index in [1.54, 1.807) is 0 Å². The second-order valence-corrected chi connectivity index (χ2v) is 7.23. The van der Waals surface area contributed by atoms with Crippen LogP contribution in [-0.4, -0.2) is 18.2 Å². The van der Waals surface area contributed by atoms with Gasteiger partial charge in [-0.2, -0.15) is 18.3 Å². The van der Waals surface area contributed by atoms with Crippen molar-refractivity contribution in [1.29, 1.82) is 0 Å². The molecule has 0 saturated heterocycles. The van der Waals surface area contributed by atoms with E-state index in [2.05, 4.69) is 9.82 Å². The van der Waals surface area contributed by atoms with Crippen LogP contribution in [0.4, 0.5) is 18.9 Å². The molecule has 0 unspecified atom stereocenters. The summed E-state index contributed by atoms with van der Waals surface area (Å²) in [7, 11) is -4.16. The first kappa shape index (κ1) is 18.0. The fraction of sp³-hybridized carbons (Fsp3) is 0.118. The molecule has 1 heterocycles. The van der Waals surface area contributed by atoms with Gasteiger partial charge < -0.3 is 0 Å². The van der Waals surface area contributed by atoms with Crippen LogP contribution in [-0.2, 0) is 22.7 Å². The summed E-state index contributed by atoms with van der Waals surface area (Å²) in [5.74, 6) is 0. The molecule has 5 nitrogen and oxygen atoms in total. The average Bonchev–Trinajstić information content (AvgIpc) is 3.01. The Morgan fingerprint density at radius 1 is 1.04 bits per heavy atom. The lowest BCUT2D eigenvalue weighted by molar-refractivity contribution is -0.137.